The molecule has 0 fully saturated rings. The minimum Gasteiger partial charge on any atom is -0.310 e. The second-order valence-electron chi connectivity index (χ2n) is 7.19. The topological polar surface area (TPSA) is 51.2 Å². The molecule has 0 bridgehead atoms. The largest absolute Gasteiger partial charge is 0.310 e. The number of nitrogens with zero attached hydrogens (tertiary/aromatic N) is 6. The monoisotopic (exact) mass is 358 g/mol. The van der Waals surface area contributed by atoms with Crippen LogP contribution in [0.25, 0.3) is 17.0 Å². The molecule has 1 aliphatic rings. The van der Waals surface area contributed by atoms with Crippen LogP contribution in [-0.2, 0) is 19.5 Å². The molecule has 5 rings (SSSR count). The minimum absolute atomic E-state index is 0.861. The van der Waals surface area contributed by atoms with Crippen LogP contribution in [-0.4, -0.2) is 42.1 Å². The summed E-state index contributed by atoms with van der Waals surface area (Å²) in [6.45, 7) is 5.80. The Hall–Kier alpha value is -2.99. The number of imidazole rings is 1. The third-order valence-corrected chi connectivity index (χ3v) is 5.20. The van der Waals surface area contributed by atoms with Crippen molar-refractivity contribution in [3.8, 4) is 11.4 Å². The summed E-state index contributed by atoms with van der Waals surface area (Å²) in [4.78, 5) is 7.24. The van der Waals surface area contributed by atoms with Gasteiger partial charge in [0.25, 0.3) is 0 Å². The average Bonchev–Trinajstić information content (AvgIpc) is 3.22. The van der Waals surface area contributed by atoms with Gasteiger partial charge in [-0.1, -0.05) is 30.3 Å². The van der Waals surface area contributed by atoms with Crippen LogP contribution in [0.2, 0.25) is 0 Å². The molecule has 0 amide bonds. The standard InChI is InChI=1S/C21H22N6/c1-16-7-10-26-15-18(22-20(26)13-16)14-25-9-8-19-23-24-21(27(19)12-11-25)17-5-3-2-4-6-17/h2-7,10,13,15H,8-9,11-12,14H2,1H3. The molecule has 27 heavy (non-hydrogen) atoms. The van der Waals surface area contributed by atoms with Crippen molar-refractivity contribution in [3.63, 3.8) is 0 Å². The molecule has 0 saturated carbocycles. The molecule has 4 heterocycles. The zero-order valence-corrected chi connectivity index (χ0v) is 15.4. The fraction of sp³-hybridized carbons (Fsp3) is 0.286. The maximum Gasteiger partial charge on any atom is 0.164 e. The Kier molecular flexibility index (Phi) is 3.98. The van der Waals surface area contributed by atoms with Crippen molar-refractivity contribution in [2.45, 2.75) is 26.4 Å². The first kappa shape index (κ1) is 16.2. The van der Waals surface area contributed by atoms with E-state index in [1.54, 1.807) is 0 Å². The van der Waals surface area contributed by atoms with E-state index in [9.17, 15) is 0 Å². The van der Waals surface area contributed by atoms with Gasteiger partial charge in [0.1, 0.15) is 11.5 Å². The van der Waals surface area contributed by atoms with E-state index >= 15 is 0 Å². The Bertz CT molecular complexity index is 1080. The second kappa shape index (κ2) is 6.63. The Morgan fingerprint density at radius 2 is 1.89 bits per heavy atom. The van der Waals surface area contributed by atoms with Gasteiger partial charge in [-0.3, -0.25) is 4.90 Å². The van der Waals surface area contributed by atoms with Gasteiger partial charge in [-0.25, -0.2) is 4.98 Å². The van der Waals surface area contributed by atoms with Crippen molar-refractivity contribution in [1.82, 2.24) is 29.0 Å². The summed E-state index contributed by atoms with van der Waals surface area (Å²) in [6.07, 6.45) is 5.12. The van der Waals surface area contributed by atoms with Gasteiger partial charge in [-0.15, -0.1) is 10.2 Å². The number of rotatable bonds is 3. The lowest BCUT2D eigenvalue weighted by Crippen LogP contribution is -2.26. The lowest BCUT2D eigenvalue weighted by molar-refractivity contribution is 0.268. The number of aryl methyl sites for hydroxylation is 1. The highest BCUT2D eigenvalue weighted by Gasteiger charge is 2.20. The molecule has 136 valence electrons. The summed E-state index contributed by atoms with van der Waals surface area (Å²) in [5.41, 5.74) is 4.49. The molecular formula is C21H22N6. The highest BCUT2D eigenvalue weighted by molar-refractivity contribution is 5.55. The van der Waals surface area contributed by atoms with Crippen molar-refractivity contribution >= 4 is 5.65 Å². The summed E-state index contributed by atoms with van der Waals surface area (Å²) < 4.78 is 4.37. The first-order valence-corrected chi connectivity index (χ1v) is 9.40. The van der Waals surface area contributed by atoms with Crippen LogP contribution in [0.4, 0.5) is 0 Å². The summed E-state index contributed by atoms with van der Waals surface area (Å²) >= 11 is 0. The highest BCUT2D eigenvalue weighted by Crippen LogP contribution is 2.20. The van der Waals surface area contributed by atoms with E-state index in [0.717, 1.165) is 61.2 Å². The molecular weight excluding hydrogens is 336 g/mol. The van der Waals surface area contributed by atoms with E-state index in [-0.39, 0.29) is 0 Å². The lowest BCUT2D eigenvalue weighted by Gasteiger charge is -2.18. The zero-order valence-electron chi connectivity index (χ0n) is 15.4. The Morgan fingerprint density at radius 3 is 2.78 bits per heavy atom. The van der Waals surface area contributed by atoms with E-state index in [4.69, 9.17) is 4.98 Å². The minimum atomic E-state index is 0.861. The van der Waals surface area contributed by atoms with Gasteiger partial charge in [0.05, 0.1) is 5.69 Å². The van der Waals surface area contributed by atoms with Crippen molar-refractivity contribution in [1.29, 1.82) is 0 Å². The quantitative estimate of drug-likeness (QED) is 0.565. The SMILES string of the molecule is Cc1ccn2cc(CN3CCc4nnc(-c5ccccc5)n4CC3)nc2c1. The van der Waals surface area contributed by atoms with Gasteiger partial charge < -0.3 is 8.97 Å². The molecule has 0 saturated heterocycles. The first-order chi connectivity index (χ1) is 13.3. The number of hydrogen-bond acceptors (Lipinski definition) is 4. The highest BCUT2D eigenvalue weighted by atomic mass is 15.3. The second-order valence-corrected chi connectivity index (χ2v) is 7.19. The normalized spacial score (nSPS) is 15.0. The van der Waals surface area contributed by atoms with Crippen LogP contribution in [0.1, 0.15) is 17.1 Å². The number of hydrogen-bond donors (Lipinski definition) is 0. The molecule has 6 nitrogen and oxygen atoms in total. The van der Waals surface area contributed by atoms with Gasteiger partial charge in [0.15, 0.2) is 5.82 Å². The van der Waals surface area contributed by atoms with E-state index in [1.165, 1.54) is 5.56 Å². The van der Waals surface area contributed by atoms with E-state index < -0.39 is 0 Å². The molecule has 4 aromatic rings. The number of fused-ring (bicyclic) bond motifs is 2. The smallest absolute Gasteiger partial charge is 0.164 e. The molecule has 0 atom stereocenters. The summed E-state index contributed by atoms with van der Waals surface area (Å²) in [6, 6.07) is 14.6. The third-order valence-electron chi connectivity index (χ3n) is 5.20. The van der Waals surface area contributed by atoms with Crippen molar-refractivity contribution in [2.75, 3.05) is 13.1 Å². The predicted molar refractivity (Wildman–Crippen MR) is 104 cm³/mol. The van der Waals surface area contributed by atoms with Crippen LogP contribution < -0.4 is 0 Å². The third kappa shape index (κ3) is 3.13. The molecule has 6 heteroatoms. The molecule has 3 aromatic heterocycles. The van der Waals surface area contributed by atoms with Crippen LogP contribution in [0.3, 0.4) is 0 Å². The molecule has 1 aliphatic heterocycles. The van der Waals surface area contributed by atoms with Gasteiger partial charge in [0, 0.05) is 50.6 Å². The summed E-state index contributed by atoms with van der Waals surface area (Å²) in [7, 11) is 0. The Balaban J connectivity index is 1.34. The number of pyridine rings is 1. The van der Waals surface area contributed by atoms with Crippen LogP contribution in [0.5, 0.6) is 0 Å². The zero-order chi connectivity index (χ0) is 18.2. The lowest BCUT2D eigenvalue weighted by atomic mass is 10.2. The van der Waals surface area contributed by atoms with Crippen molar-refractivity contribution in [2.24, 2.45) is 0 Å². The van der Waals surface area contributed by atoms with Crippen molar-refractivity contribution in [3.05, 3.63) is 71.9 Å². The van der Waals surface area contributed by atoms with E-state index in [2.05, 4.69) is 67.6 Å². The van der Waals surface area contributed by atoms with Crippen LogP contribution in [0.15, 0.2) is 54.9 Å². The van der Waals surface area contributed by atoms with Gasteiger partial charge in [0.2, 0.25) is 0 Å². The fourth-order valence-electron chi connectivity index (χ4n) is 3.77. The van der Waals surface area contributed by atoms with Gasteiger partial charge in [-0.05, 0) is 24.6 Å². The summed E-state index contributed by atoms with van der Waals surface area (Å²) in [5.74, 6) is 2.04. The molecule has 0 unspecified atom stereocenters. The van der Waals surface area contributed by atoms with Crippen LogP contribution >= 0.6 is 0 Å². The van der Waals surface area contributed by atoms with E-state index in [0.29, 0.717) is 0 Å². The van der Waals surface area contributed by atoms with E-state index in [1.807, 2.05) is 18.2 Å². The average molecular weight is 358 g/mol. The van der Waals surface area contributed by atoms with Gasteiger partial charge in [-0.2, -0.15) is 0 Å². The van der Waals surface area contributed by atoms with Crippen molar-refractivity contribution < 1.29 is 0 Å². The molecule has 0 radical (unpaired) electrons. The molecule has 0 aliphatic carbocycles. The number of aromatic nitrogens is 5. The van der Waals surface area contributed by atoms with Gasteiger partial charge >= 0.3 is 0 Å². The first-order valence-electron chi connectivity index (χ1n) is 9.40. The fourth-order valence-corrected chi connectivity index (χ4v) is 3.77. The van der Waals surface area contributed by atoms with Crippen LogP contribution in [0, 0.1) is 6.92 Å². The molecule has 0 spiro atoms. The maximum absolute atomic E-state index is 4.79. The molecule has 1 aromatic carbocycles. The summed E-state index contributed by atoms with van der Waals surface area (Å²) in [5, 5.41) is 8.88. The Morgan fingerprint density at radius 1 is 1.00 bits per heavy atom. The molecule has 0 N–H and O–H groups in total. The number of benzene rings is 1. The maximum atomic E-state index is 4.79. The Labute approximate surface area is 158 Å². The predicted octanol–water partition coefficient (Wildman–Crippen LogP) is 2.96.